The third-order valence-corrected chi connectivity index (χ3v) is 0.998. The smallest absolute Gasteiger partial charge is 0.334 e. The van der Waals surface area contributed by atoms with Crippen LogP contribution in [0.5, 0.6) is 0 Å². The highest BCUT2D eigenvalue weighted by molar-refractivity contribution is 6.27. The molecule has 0 saturated heterocycles. The highest BCUT2D eigenvalue weighted by Gasteiger charge is 1.99. The summed E-state index contributed by atoms with van der Waals surface area (Å²) < 4.78 is 4.31. The van der Waals surface area contributed by atoms with Gasteiger partial charge in [0.2, 0.25) is 0 Å². The van der Waals surface area contributed by atoms with Crippen LogP contribution < -0.4 is 0 Å². The van der Waals surface area contributed by atoms with Crippen molar-refractivity contribution in [1.29, 1.82) is 0 Å². The molecule has 0 aromatic rings. The van der Waals surface area contributed by atoms with Gasteiger partial charge in [0.1, 0.15) is 0 Å². The maximum Gasteiger partial charge on any atom is 0.334 e. The molecule has 3 heteroatoms. The monoisotopic (exact) mass is 134 g/mol. The van der Waals surface area contributed by atoms with E-state index in [0.717, 1.165) is 0 Å². The van der Waals surface area contributed by atoms with Crippen LogP contribution in [0.25, 0.3) is 0 Å². The standard InChI is InChI=1S/C5H7ClO2/c1-4(3-6)5(7)8-2/h3H,1-2H3/b4-3+. The van der Waals surface area contributed by atoms with Crippen molar-refractivity contribution in [1.82, 2.24) is 0 Å². The Balaban J connectivity index is 3.83. The van der Waals surface area contributed by atoms with Gasteiger partial charge in [-0.25, -0.2) is 4.79 Å². The van der Waals surface area contributed by atoms with E-state index in [-0.39, 0.29) is 5.97 Å². The number of esters is 1. The van der Waals surface area contributed by atoms with E-state index in [1.54, 1.807) is 6.92 Å². The SMILES string of the molecule is COC(=O)/C(C)=C/Cl. The van der Waals surface area contributed by atoms with Gasteiger partial charge in [-0.1, -0.05) is 11.6 Å². The van der Waals surface area contributed by atoms with Crippen LogP contribution in [0, 0.1) is 0 Å². The van der Waals surface area contributed by atoms with Crippen LogP contribution in [0.1, 0.15) is 6.92 Å². The number of carbonyl (C=O) groups excluding carboxylic acids is 1. The first-order valence-corrected chi connectivity index (χ1v) is 2.51. The van der Waals surface area contributed by atoms with Crippen molar-refractivity contribution in [3.8, 4) is 0 Å². The second-order valence-electron chi connectivity index (χ2n) is 1.28. The Kier molecular flexibility index (Phi) is 3.28. The first kappa shape index (κ1) is 7.50. The van der Waals surface area contributed by atoms with Gasteiger partial charge in [-0.3, -0.25) is 0 Å². The molecule has 2 nitrogen and oxygen atoms in total. The van der Waals surface area contributed by atoms with E-state index in [2.05, 4.69) is 4.74 Å². The number of halogens is 1. The molecule has 8 heavy (non-hydrogen) atoms. The normalized spacial score (nSPS) is 11.1. The predicted octanol–water partition coefficient (Wildman–Crippen LogP) is 1.30. The lowest BCUT2D eigenvalue weighted by molar-refractivity contribution is -0.136. The molecule has 0 atom stereocenters. The van der Waals surface area contributed by atoms with Crippen LogP contribution in [0.3, 0.4) is 0 Å². The summed E-state index contributed by atoms with van der Waals surface area (Å²) in [6.45, 7) is 1.58. The van der Waals surface area contributed by atoms with Gasteiger partial charge < -0.3 is 4.74 Å². The Morgan fingerprint density at radius 3 is 2.38 bits per heavy atom. The molecule has 0 aromatic heterocycles. The Labute approximate surface area is 53.1 Å². The first-order valence-electron chi connectivity index (χ1n) is 2.07. The van der Waals surface area contributed by atoms with Crippen LogP contribution in [-0.2, 0) is 9.53 Å². The molecule has 0 aliphatic heterocycles. The van der Waals surface area contributed by atoms with E-state index in [1.807, 2.05) is 0 Å². The van der Waals surface area contributed by atoms with Crippen molar-refractivity contribution >= 4 is 17.6 Å². The van der Waals surface area contributed by atoms with Gasteiger partial charge in [0, 0.05) is 11.1 Å². The zero-order chi connectivity index (χ0) is 6.57. The molecule has 0 fully saturated rings. The summed E-state index contributed by atoms with van der Waals surface area (Å²) in [5.74, 6) is -0.389. The molecule has 0 spiro atoms. The maximum absolute atomic E-state index is 10.4. The average molecular weight is 135 g/mol. The summed E-state index contributed by atoms with van der Waals surface area (Å²) in [6.07, 6.45) is 0. The maximum atomic E-state index is 10.4. The molecule has 0 heterocycles. The summed E-state index contributed by atoms with van der Waals surface area (Å²) in [5, 5.41) is 0. The van der Waals surface area contributed by atoms with E-state index >= 15 is 0 Å². The average Bonchev–Trinajstić information content (AvgIpc) is 1.84. The third-order valence-electron chi connectivity index (χ3n) is 0.671. The predicted molar refractivity (Wildman–Crippen MR) is 31.6 cm³/mol. The minimum absolute atomic E-state index is 0.389. The number of hydrogen-bond donors (Lipinski definition) is 0. The number of ether oxygens (including phenoxy) is 1. The van der Waals surface area contributed by atoms with E-state index in [4.69, 9.17) is 11.6 Å². The molecule has 0 rings (SSSR count). The molecule has 0 saturated carbocycles. The van der Waals surface area contributed by atoms with Gasteiger partial charge >= 0.3 is 5.97 Å². The lowest BCUT2D eigenvalue weighted by Gasteiger charge is -1.92. The van der Waals surface area contributed by atoms with E-state index in [1.165, 1.54) is 12.6 Å². The van der Waals surface area contributed by atoms with E-state index < -0.39 is 0 Å². The molecule has 0 aromatic carbocycles. The summed E-state index contributed by atoms with van der Waals surface area (Å²) >= 11 is 5.16. The third kappa shape index (κ3) is 1.98. The van der Waals surface area contributed by atoms with Crippen LogP contribution >= 0.6 is 11.6 Å². The van der Waals surface area contributed by atoms with Crippen molar-refractivity contribution in [3.63, 3.8) is 0 Å². The fourth-order valence-corrected chi connectivity index (χ4v) is 0.295. The van der Waals surface area contributed by atoms with E-state index in [9.17, 15) is 4.79 Å². The van der Waals surface area contributed by atoms with Crippen molar-refractivity contribution in [3.05, 3.63) is 11.1 Å². The van der Waals surface area contributed by atoms with Crippen molar-refractivity contribution in [2.24, 2.45) is 0 Å². The number of hydrogen-bond acceptors (Lipinski definition) is 2. The van der Waals surface area contributed by atoms with Crippen LogP contribution in [-0.4, -0.2) is 13.1 Å². The van der Waals surface area contributed by atoms with Crippen LogP contribution in [0.15, 0.2) is 11.1 Å². The molecular formula is C5H7ClO2. The Bertz CT molecular complexity index is 118. The quantitative estimate of drug-likeness (QED) is 0.399. The van der Waals surface area contributed by atoms with Crippen molar-refractivity contribution in [2.75, 3.05) is 7.11 Å². The minimum atomic E-state index is -0.389. The van der Waals surface area contributed by atoms with Gasteiger partial charge in [-0.2, -0.15) is 0 Å². The number of rotatable bonds is 1. The molecule has 0 N–H and O–H groups in total. The second kappa shape index (κ2) is 3.50. The van der Waals surface area contributed by atoms with Gasteiger partial charge in [-0.15, -0.1) is 0 Å². The summed E-state index contributed by atoms with van der Waals surface area (Å²) in [7, 11) is 1.31. The fraction of sp³-hybridized carbons (Fsp3) is 0.400. The van der Waals surface area contributed by atoms with Crippen LogP contribution in [0.2, 0.25) is 0 Å². The fourth-order valence-electron chi connectivity index (χ4n) is 0.206. The molecule has 0 unspecified atom stereocenters. The summed E-state index contributed by atoms with van der Waals surface area (Å²) in [6, 6.07) is 0. The van der Waals surface area contributed by atoms with Crippen molar-refractivity contribution < 1.29 is 9.53 Å². The highest BCUT2D eigenvalue weighted by Crippen LogP contribution is 1.95. The first-order chi connectivity index (χ1) is 3.72. The molecular weight excluding hydrogens is 128 g/mol. The highest BCUT2D eigenvalue weighted by atomic mass is 35.5. The van der Waals surface area contributed by atoms with Crippen molar-refractivity contribution in [2.45, 2.75) is 6.92 Å². The van der Waals surface area contributed by atoms with Gasteiger partial charge in [0.15, 0.2) is 0 Å². The van der Waals surface area contributed by atoms with Gasteiger partial charge in [0.25, 0.3) is 0 Å². The van der Waals surface area contributed by atoms with Gasteiger partial charge in [-0.05, 0) is 6.92 Å². The lowest BCUT2D eigenvalue weighted by atomic mass is 10.4. The molecule has 0 radical (unpaired) electrons. The molecule has 0 bridgehead atoms. The minimum Gasteiger partial charge on any atom is -0.466 e. The summed E-state index contributed by atoms with van der Waals surface area (Å²) in [5.41, 5.74) is 1.60. The number of methoxy groups -OCH3 is 1. The lowest BCUT2D eigenvalue weighted by Crippen LogP contribution is -1.99. The zero-order valence-electron chi connectivity index (χ0n) is 4.77. The Morgan fingerprint density at radius 2 is 2.25 bits per heavy atom. The second-order valence-corrected chi connectivity index (χ2v) is 1.50. The zero-order valence-corrected chi connectivity index (χ0v) is 5.53. The van der Waals surface area contributed by atoms with E-state index in [0.29, 0.717) is 5.57 Å². The molecule has 46 valence electrons. The van der Waals surface area contributed by atoms with Gasteiger partial charge in [0.05, 0.1) is 7.11 Å². The molecule has 0 aliphatic carbocycles. The largest absolute Gasteiger partial charge is 0.466 e. The Morgan fingerprint density at radius 1 is 1.75 bits per heavy atom. The topological polar surface area (TPSA) is 26.3 Å². The van der Waals surface area contributed by atoms with Crippen LogP contribution in [0.4, 0.5) is 0 Å². The number of carbonyl (C=O) groups is 1. The molecule has 0 aliphatic rings. The Hall–Kier alpha value is -0.500. The summed E-state index contributed by atoms with van der Waals surface area (Å²) in [4.78, 5) is 10.4. The molecule has 0 amide bonds.